The number of hydrogen-bond acceptors (Lipinski definition) is 4. The summed E-state index contributed by atoms with van der Waals surface area (Å²) < 4.78 is 6.05. The van der Waals surface area contributed by atoms with Gasteiger partial charge in [0.2, 0.25) is 0 Å². The zero-order valence-corrected chi connectivity index (χ0v) is 12.9. The maximum Gasteiger partial charge on any atom is 0.251 e. The number of carbonyl (C=O) groups is 1. The second kappa shape index (κ2) is 7.23. The van der Waals surface area contributed by atoms with E-state index in [0.29, 0.717) is 22.0 Å². The minimum absolute atomic E-state index is 0.239. The summed E-state index contributed by atoms with van der Waals surface area (Å²) in [6.07, 6.45) is -0.245. The number of carbonyl (C=O) groups excluding carboxylic acids is 1. The Hall–Kier alpha value is -1.87. The third kappa shape index (κ3) is 4.05. The van der Waals surface area contributed by atoms with Gasteiger partial charge in [-0.2, -0.15) is 5.26 Å². The molecule has 1 heterocycles. The lowest BCUT2D eigenvalue weighted by Gasteiger charge is -2.14. The van der Waals surface area contributed by atoms with Crippen molar-refractivity contribution in [3.8, 4) is 6.07 Å². The number of hydrogen-bond donors (Lipinski definition) is 1. The van der Waals surface area contributed by atoms with Crippen LogP contribution < -0.4 is 5.32 Å². The van der Waals surface area contributed by atoms with E-state index in [4.69, 9.17) is 21.6 Å². The molecule has 1 atom stereocenters. The van der Waals surface area contributed by atoms with Crippen LogP contribution in [0.3, 0.4) is 0 Å². The van der Waals surface area contributed by atoms with Crippen molar-refractivity contribution in [1.82, 2.24) is 5.32 Å². The Morgan fingerprint density at radius 2 is 2.29 bits per heavy atom. The van der Waals surface area contributed by atoms with Crippen molar-refractivity contribution in [2.75, 3.05) is 13.7 Å². The molecule has 1 aromatic heterocycles. The highest BCUT2D eigenvalue weighted by atomic mass is 35.5. The van der Waals surface area contributed by atoms with Crippen molar-refractivity contribution in [3.05, 3.63) is 56.7 Å². The van der Waals surface area contributed by atoms with Gasteiger partial charge in [0, 0.05) is 24.1 Å². The number of thiophene rings is 1. The summed E-state index contributed by atoms with van der Waals surface area (Å²) in [5, 5.41) is 11.6. The van der Waals surface area contributed by atoms with Crippen molar-refractivity contribution in [2.45, 2.75) is 6.10 Å². The fraction of sp³-hybridized carbons (Fsp3) is 0.200. The number of nitrogens with one attached hydrogen (secondary N) is 1. The molecule has 108 valence electrons. The van der Waals surface area contributed by atoms with Crippen molar-refractivity contribution in [1.29, 1.82) is 5.26 Å². The summed E-state index contributed by atoms with van der Waals surface area (Å²) in [4.78, 5) is 13.0. The Bertz CT molecular complexity index is 678. The van der Waals surface area contributed by atoms with Crippen molar-refractivity contribution >= 4 is 28.8 Å². The van der Waals surface area contributed by atoms with Crippen LogP contribution >= 0.6 is 22.9 Å². The molecule has 21 heavy (non-hydrogen) atoms. The number of amides is 1. The molecule has 6 heteroatoms. The van der Waals surface area contributed by atoms with Crippen LogP contribution in [0.5, 0.6) is 0 Å². The van der Waals surface area contributed by atoms with Crippen LogP contribution in [-0.2, 0) is 4.74 Å². The lowest BCUT2D eigenvalue weighted by Crippen LogP contribution is -2.28. The molecule has 1 aromatic carbocycles. The zero-order chi connectivity index (χ0) is 15.2. The highest BCUT2D eigenvalue weighted by Crippen LogP contribution is 2.28. The van der Waals surface area contributed by atoms with Crippen LogP contribution in [-0.4, -0.2) is 19.6 Å². The van der Waals surface area contributed by atoms with E-state index in [9.17, 15) is 4.79 Å². The molecule has 0 fully saturated rings. The summed E-state index contributed by atoms with van der Waals surface area (Å²) in [5.74, 6) is -0.239. The zero-order valence-electron chi connectivity index (χ0n) is 11.3. The van der Waals surface area contributed by atoms with Gasteiger partial charge >= 0.3 is 0 Å². The lowest BCUT2D eigenvalue weighted by molar-refractivity contribution is 0.0837. The van der Waals surface area contributed by atoms with E-state index in [-0.39, 0.29) is 12.0 Å². The van der Waals surface area contributed by atoms with Crippen LogP contribution in [0.4, 0.5) is 0 Å². The van der Waals surface area contributed by atoms with E-state index in [2.05, 4.69) is 5.32 Å². The van der Waals surface area contributed by atoms with E-state index in [0.717, 1.165) is 4.88 Å². The van der Waals surface area contributed by atoms with Gasteiger partial charge < -0.3 is 10.1 Å². The summed E-state index contributed by atoms with van der Waals surface area (Å²) in [6.45, 7) is 0.336. The van der Waals surface area contributed by atoms with E-state index >= 15 is 0 Å². The van der Waals surface area contributed by atoms with Crippen LogP contribution in [0.15, 0.2) is 36.4 Å². The predicted octanol–water partition coefficient (Wildman–Crippen LogP) is 3.39. The Labute approximate surface area is 131 Å². The molecule has 1 N–H and O–H groups in total. The lowest BCUT2D eigenvalue weighted by atomic mass is 10.1. The van der Waals surface area contributed by atoms with Gasteiger partial charge in [0.15, 0.2) is 0 Å². The average molecular weight is 321 g/mol. The smallest absolute Gasteiger partial charge is 0.251 e. The topological polar surface area (TPSA) is 62.1 Å². The average Bonchev–Trinajstić information content (AvgIpc) is 2.94. The third-order valence-electron chi connectivity index (χ3n) is 2.90. The summed E-state index contributed by atoms with van der Waals surface area (Å²) in [5.41, 5.74) is 0.907. The molecule has 0 bridgehead atoms. The van der Waals surface area contributed by atoms with Crippen LogP contribution in [0.2, 0.25) is 4.34 Å². The van der Waals surface area contributed by atoms with E-state index < -0.39 is 0 Å². The van der Waals surface area contributed by atoms with E-state index in [1.165, 1.54) is 11.3 Å². The van der Waals surface area contributed by atoms with Gasteiger partial charge in [-0.1, -0.05) is 17.7 Å². The Balaban J connectivity index is 2.01. The maximum absolute atomic E-state index is 12.1. The Kier molecular flexibility index (Phi) is 5.34. The fourth-order valence-electron chi connectivity index (χ4n) is 1.82. The first-order valence-electron chi connectivity index (χ1n) is 6.20. The predicted molar refractivity (Wildman–Crippen MR) is 82.6 cm³/mol. The summed E-state index contributed by atoms with van der Waals surface area (Å²) >= 11 is 7.32. The van der Waals surface area contributed by atoms with Gasteiger partial charge in [-0.3, -0.25) is 4.79 Å². The molecule has 0 radical (unpaired) electrons. The van der Waals surface area contributed by atoms with E-state index in [1.807, 2.05) is 12.1 Å². The Morgan fingerprint density at radius 1 is 1.48 bits per heavy atom. The van der Waals surface area contributed by atoms with Gasteiger partial charge in [-0.05, 0) is 30.3 Å². The standard InChI is InChI=1S/C15H13ClN2O2S/c1-20-12(13-5-6-14(16)21-13)9-18-15(19)11-4-2-3-10(7-11)8-17/h2-7,12H,9H2,1H3,(H,18,19)/t12-/m0/s1. The SMILES string of the molecule is CO[C@@H](CNC(=O)c1cccc(C#N)c1)c1ccc(Cl)s1. The van der Waals surface area contributed by atoms with Gasteiger partial charge in [-0.15, -0.1) is 11.3 Å². The van der Waals surface area contributed by atoms with Crippen LogP contribution in [0, 0.1) is 11.3 Å². The molecule has 0 aliphatic rings. The maximum atomic E-state index is 12.1. The second-order valence-corrected chi connectivity index (χ2v) is 6.02. The van der Waals surface area contributed by atoms with Crippen LogP contribution in [0.25, 0.3) is 0 Å². The number of rotatable bonds is 5. The summed E-state index contributed by atoms with van der Waals surface area (Å²) in [7, 11) is 1.58. The number of ether oxygens (including phenoxy) is 1. The quantitative estimate of drug-likeness (QED) is 0.918. The largest absolute Gasteiger partial charge is 0.374 e. The van der Waals surface area contributed by atoms with Gasteiger partial charge in [0.1, 0.15) is 6.10 Å². The van der Waals surface area contributed by atoms with Gasteiger partial charge in [0.05, 0.1) is 16.0 Å². The molecule has 2 aromatic rings. The molecule has 0 saturated heterocycles. The first-order valence-corrected chi connectivity index (χ1v) is 7.40. The molecule has 4 nitrogen and oxygen atoms in total. The minimum atomic E-state index is -0.245. The molecule has 0 aliphatic carbocycles. The highest BCUT2D eigenvalue weighted by molar-refractivity contribution is 7.16. The van der Waals surface area contributed by atoms with Gasteiger partial charge in [0.25, 0.3) is 5.91 Å². The van der Waals surface area contributed by atoms with Crippen molar-refractivity contribution < 1.29 is 9.53 Å². The van der Waals surface area contributed by atoms with Crippen molar-refractivity contribution in [3.63, 3.8) is 0 Å². The first kappa shape index (κ1) is 15.5. The molecule has 0 spiro atoms. The first-order chi connectivity index (χ1) is 10.1. The molecule has 0 unspecified atom stereocenters. The number of nitrogens with zero attached hydrogens (tertiary/aromatic N) is 1. The molecular formula is C15H13ClN2O2S. The summed E-state index contributed by atoms with van der Waals surface area (Å²) in [6, 6.07) is 12.2. The molecule has 2 rings (SSSR count). The highest BCUT2D eigenvalue weighted by Gasteiger charge is 2.15. The molecule has 0 saturated carbocycles. The number of methoxy groups -OCH3 is 1. The number of benzene rings is 1. The fourth-order valence-corrected chi connectivity index (χ4v) is 2.96. The second-order valence-electron chi connectivity index (χ2n) is 4.27. The van der Waals surface area contributed by atoms with E-state index in [1.54, 1.807) is 37.4 Å². The van der Waals surface area contributed by atoms with Crippen molar-refractivity contribution in [2.24, 2.45) is 0 Å². The third-order valence-corrected chi connectivity index (χ3v) is 4.22. The molecule has 0 aliphatic heterocycles. The number of halogens is 1. The minimum Gasteiger partial charge on any atom is -0.374 e. The molecule has 1 amide bonds. The van der Waals surface area contributed by atoms with Gasteiger partial charge in [-0.25, -0.2) is 0 Å². The normalized spacial score (nSPS) is 11.7. The number of nitriles is 1. The van der Waals surface area contributed by atoms with Crippen LogP contribution in [0.1, 0.15) is 26.9 Å². The Morgan fingerprint density at radius 3 is 2.90 bits per heavy atom. The molecular weight excluding hydrogens is 308 g/mol. The monoisotopic (exact) mass is 320 g/mol.